The Kier molecular flexibility index (Phi) is 7.10. The van der Waals surface area contributed by atoms with Crippen LogP contribution in [0.4, 0.5) is 5.69 Å². The first-order valence-electron chi connectivity index (χ1n) is 6.98. The van der Waals surface area contributed by atoms with Crippen molar-refractivity contribution in [2.75, 3.05) is 19.0 Å². The summed E-state index contributed by atoms with van der Waals surface area (Å²) >= 11 is 12.4. The number of carbonyl (C=O) groups is 1. The molecular formula is C16H14Br2ClN3O3. The summed E-state index contributed by atoms with van der Waals surface area (Å²) in [7, 11) is 1.49. The number of anilines is 1. The molecule has 0 atom stereocenters. The zero-order valence-electron chi connectivity index (χ0n) is 13.0. The van der Waals surface area contributed by atoms with E-state index in [2.05, 4.69) is 47.7 Å². The molecule has 3 N–H and O–H groups in total. The molecule has 0 saturated heterocycles. The second kappa shape index (κ2) is 9.07. The van der Waals surface area contributed by atoms with Crippen molar-refractivity contribution in [2.24, 2.45) is 5.10 Å². The van der Waals surface area contributed by atoms with Crippen LogP contribution in [0.5, 0.6) is 11.5 Å². The number of ether oxygens (including phenoxy) is 1. The Morgan fingerprint density at radius 3 is 2.68 bits per heavy atom. The van der Waals surface area contributed by atoms with E-state index in [1.807, 2.05) is 0 Å². The quantitative estimate of drug-likeness (QED) is 0.419. The van der Waals surface area contributed by atoms with Gasteiger partial charge in [-0.1, -0.05) is 11.6 Å². The molecule has 0 fully saturated rings. The summed E-state index contributed by atoms with van der Waals surface area (Å²) in [6.07, 6.45) is 1.34. The van der Waals surface area contributed by atoms with Crippen LogP contribution >= 0.6 is 43.5 Å². The molecule has 0 aliphatic carbocycles. The van der Waals surface area contributed by atoms with Crippen molar-refractivity contribution in [1.82, 2.24) is 5.43 Å². The van der Waals surface area contributed by atoms with Gasteiger partial charge in [0, 0.05) is 16.3 Å². The summed E-state index contributed by atoms with van der Waals surface area (Å²) in [5, 5.41) is 17.5. The van der Waals surface area contributed by atoms with Crippen molar-refractivity contribution in [1.29, 1.82) is 0 Å². The van der Waals surface area contributed by atoms with Gasteiger partial charge in [0.1, 0.15) is 10.2 Å². The molecule has 0 aromatic heterocycles. The van der Waals surface area contributed by atoms with E-state index < -0.39 is 0 Å². The summed E-state index contributed by atoms with van der Waals surface area (Å²) in [4.78, 5) is 11.8. The normalized spacial score (nSPS) is 10.7. The number of phenolic OH excluding ortho intramolecular Hbond substituents is 1. The molecule has 0 bridgehead atoms. The van der Waals surface area contributed by atoms with E-state index in [1.165, 1.54) is 13.3 Å². The highest BCUT2D eigenvalue weighted by molar-refractivity contribution is 9.11. The first-order valence-corrected chi connectivity index (χ1v) is 8.95. The van der Waals surface area contributed by atoms with Crippen LogP contribution in [0.3, 0.4) is 0 Å². The Bertz CT molecular complexity index is 798. The molecule has 9 heteroatoms. The molecule has 0 radical (unpaired) electrons. The molecular weight excluding hydrogens is 477 g/mol. The lowest BCUT2D eigenvalue weighted by molar-refractivity contribution is -0.119. The van der Waals surface area contributed by atoms with Crippen molar-refractivity contribution in [3.63, 3.8) is 0 Å². The summed E-state index contributed by atoms with van der Waals surface area (Å²) in [5.74, 6) is 0.0838. The van der Waals surface area contributed by atoms with Crippen molar-refractivity contribution in [3.05, 3.63) is 49.9 Å². The first-order chi connectivity index (χ1) is 11.9. The maximum absolute atomic E-state index is 11.8. The van der Waals surface area contributed by atoms with Gasteiger partial charge in [0.2, 0.25) is 0 Å². The van der Waals surface area contributed by atoms with Gasteiger partial charge in [0.25, 0.3) is 5.91 Å². The molecule has 6 nitrogen and oxygen atoms in total. The number of hydrazone groups is 1. The third-order valence-electron chi connectivity index (χ3n) is 3.07. The molecule has 2 aromatic carbocycles. The zero-order chi connectivity index (χ0) is 18.4. The maximum Gasteiger partial charge on any atom is 0.259 e. The van der Waals surface area contributed by atoms with Crippen molar-refractivity contribution in [3.8, 4) is 11.5 Å². The second-order valence-corrected chi connectivity index (χ2v) is 6.88. The summed E-state index contributed by atoms with van der Waals surface area (Å²) in [6, 6.07) is 8.61. The minimum absolute atomic E-state index is 0.0426. The fraction of sp³-hybridized carbons (Fsp3) is 0.125. The fourth-order valence-electron chi connectivity index (χ4n) is 1.86. The molecule has 0 spiro atoms. The summed E-state index contributed by atoms with van der Waals surface area (Å²) in [5.41, 5.74) is 3.55. The average Bonchev–Trinajstić information content (AvgIpc) is 2.59. The number of methoxy groups -OCH3 is 1. The van der Waals surface area contributed by atoms with E-state index in [4.69, 9.17) is 16.3 Å². The second-order valence-electron chi connectivity index (χ2n) is 4.80. The molecule has 132 valence electrons. The van der Waals surface area contributed by atoms with Gasteiger partial charge >= 0.3 is 0 Å². The number of hydrogen-bond donors (Lipinski definition) is 3. The Morgan fingerprint density at radius 1 is 1.36 bits per heavy atom. The molecule has 0 aliphatic rings. The highest BCUT2D eigenvalue weighted by Gasteiger charge is 2.14. The first kappa shape index (κ1) is 19.6. The molecule has 2 aromatic rings. The number of carbonyl (C=O) groups excluding carboxylic acids is 1. The number of phenols is 1. The van der Waals surface area contributed by atoms with Gasteiger partial charge in [-0.15, -0.1) is 0 Å². The molecule has 1 amide bonds. The number of hydrogen-bond acceptors (Lipinski definition) is 5. The number of rotatable bonds is 6. The lowest BCUT2D eigenvalue weighted by Crippen LogP contribution is -2.25. The molecule has 0 aliphatic heterocycles. The fourth-order valence-corrected chi connectivity index (χ4v) is 3.46. The topological polar surface area (TPSA) is 83.0 Å². The van der Waals surface area contributed by atoms with Crippen molar-refractivity contribution in [2.45, 2.75) is 0 Å². The van der Waals surface area contributed by atoms with Gasteiger partial charge in [0.15, 0.2) is 5.75 Å². The molecule has 2 rings (SSSR count). The van der Waals surface area contributed by atoms with E-state index in [-0.39, 0.29) is 18.2 Å². The number of halogens is 3. The van der Waals surface area contributed by atoms with Gasteiger partial charge in [-0.25, -0.2) is 5.43 Å². The zero-order valence-corrected chi connectivity index (χ0v) is 16.9. The Labute approximate surface area is 166 Å². The Morgan fingerprint density at radius 2 is 2.04 bits per heavy atom. The van der Waals surface area contributed by atoms with Crippen LogP contribution in [-0.4, -0.2) is 30.9 Å². The molecule has 0 saturated carbocycles. The lowest BCUT2D eigenvalue weighted by atomic mass is 10.2. The number of nitrogens with zero attached hydrogens (tertiary/aromatic N) is 1. The number of aromatic hydroxyl groups is 1. The van der Waals surface area contributed by atoms with Crippen LogP contribution in [0.1, 0.15) is 5.56 Å². The standard InChI is InChI=1S/C16H14Br2ClN3O3/c1-25-16-12(17)6-9(15(24)14(16)18)7-21-22-13(23)8-20-11-4-2-10(19)3-5-11/h2-7,20,24H,8H2,1H3,(H,22,23)/b21-7+. The lowest BCUT2D eigenvalue weighted by Gasteiger charge is -2.10. The summed E-state index contributed by atoms with van der Waals surface area (Å²) < 4.78 is 6.18. The van der Waals surface area contributed by atoms with Crippen LogP contribution in [0.15, 0.2) is 44.4 Å². The minimum atomic E-state index is -0.336. The van der Waals surface area contributed by atoms with Crippen LogP contribution in [0, 0.1) is 0 Å². The Balaban J connectivity index is 1.94. The number of amides is 1. The van der Waals surface area contributed by atoms with Gasteiger partial charge in [-0.05, 0) is 62.2 Å². The predicted octanol–water partition coefficient (Wildman–Crippen LogP) is 4.14. The van der Waals surface area contributed by atoms with E-state index >= 15 is 0 Å². The van der Waals surface area contributed by atoms with Crippen molar-refractivity contribution >= 4 is 61.3 Å². The maximum atomic E-state index is 11.8. The third-order valence-corrected chi connectivity index (χ3v) is 4.65. The van der Waals surface area contributed by atoms with E-state index in [1.54, 1.807) is 30.3 Å². The average molecular weight is 492 g/mol. The van der Waals surface area contributed by atoms with Crippen molar-refractivity contribution < 1.29 is 14.6 Å². The highest BCUT2D eigenvalue weighted by Crippen LogP contribution is 2.41. The van der Waals surface area contributed by atoms with Gasteiger partial charge in [0.05, 0.1) is 24.3 Å². The number of benzene rings is 2. The summed E-state index contributed by atoms with van der Waals surface area (Å²) in [6.45, 7) is 0.0426. The Hall–Kier alpha value is -1.77. The molecule has 0 heterocycles. The van der Waals surface area contributed by atoms with Gasteiger partial charge in [-0.3, -0.25) is 4.79 Å². The monoisotopic (exact) mass is 489 g/mol. The van der Waals surface area contributed by atoms with Crippen LogP contribution in [0.25, 0.3) is 0 Å². The van der Waals surface area contributed by atoms with Gasteiger partial charge < -0.3 is 15.2 Å². The van der Waals surface area contributed by atoms with Crippen LogP contribution < -0.4 is 15.5 Å². The molecule has 25 heavy (non-hydrogen) atoms. The largest absolute Gasteiger partial charge is 0.506 e. The predicted molar refractivity (Wildman–Crippen MR) is 106 cm³/mol. The van der Waals surface area contributed by atoms with E-state index in [0.29, 0.717) is 25.3 Å². The van der Waals surface area contributed by atoms with E-state index in [9.17, 15) is 9.90 Å². The highest BCUT2D eigenvalue weighted by atomic mass is 79.9. The van der Waals surface area contributed by atoms with E-state index in [0.717, 1.165) is 5.69 Å². The van der Waals surface area contributed by atoms with Gasteiger partial charge in [-0.2, -0.15) is 5.10 Å². The molecule has 0 unspecified atom stereocenters. The number of nitrogens with one attached hydrogen (secondary N) is 2. The van der Waals surface area contributed by atoms with Crippen LogP contribution in [-0.2, 0) is 4.79 Å². The van der Waals surface area contributed by atoms with Crippen LogP contribution in [0.2, 0.25) is 5.02 Å². The smallest absolute Gasteiger partial charge is 0.259 e. The third kappa shape index (κ3) is 5.35. The minimum Gasteiger partial charge on any atom is -0.506 e. The SMILES string of the molecule is COc1c(Br)cc(/C=N/NC(=O)CNc2ccc(Cl)cc2)c(O)c1Br.